The summed E-state index contributed by atoms with van der Waals surface area (Å²) < 4.78 is 1.68. The summed E-state index contributed by atoms with van der Waals surface area (Å²) in [5.74, 6) is 0.745. The summed E-state index contributed by atoms with van der Waals surface area (Å²) in [4.78, 5) is 16.5. The smallest absolute Gasteiger partial charge is 0.293 e. The van der Waals surface area contributed by atoms with Gasteiger partial charge in [0, 0.05) is 25.5 Å². The van der Waals surface area contributed by atoms with E-state index < -0.39 is 0 Å². The number of rotatable bonds is 6. The van der Waals surface area contributed by atoms with Crippen LogP contribution in [0.25, 0.3) is 0 Å². The Bertz CT molecular complexity index is 622. The van der Waals surface area contributed by atoms with Crippen molar-refractivity contribution < 1.29 is 0 Å². The lowest BCUT2D eigenvalue weighted by Gasteiger charge is -2.18. The maximum Gasteiger partial charge on any atom is 0.293 e. The summed E-state index contributed by atoms with van der Waals surface area (Å²) in [6.45, 7) is 5.22. The molecular weight excluding hydrogens is 264 g/mol. The first-order valence-electron chi connectivity index (χ1n) is 7.18. The Morgan fingerprint density at radius 1 is 1.29 bits per heavy atom. The topological polar surface area (TPSA) is 72.9 Å². The lowest BCUT2D eigenvalue weighted by Crippen LogP contribution is -2.29. The molecule has 3 N–H and O–H groups in total. The van der Waals surface area contributed by atoms with E-state index in [4.69, 9.17) is 5.73 Å². The molecule has 0 aliphatic carbocycles. The van der Waals surface area contributed by atoms with E-state index in [-0.39, 0.29) is 11.6 Å². The molecule has 0 aliphatic rings. The predicted octanol–water partition coefficient (Wildman–Crippen LogP) is 2.01. The fourth-order valence-corrected chi connectivity index (χ4v) is 2.21. The van der Waals surface area contributed by atoms with Gasteiger partial charge in [-0.3, -0.25) is 4.79 Å². The maximum absolute atomic E-state index is 12.4. The Balaban J connectivity index is 2.24. The quantitative estimate of drug-likeness (QED) is 0.852. The van der Waals surface area contributed by atoms with E-state index in [0.717, 1.165) is 5.56 Å². The van der Waals surface area contributed by atoms with Crippen LogP contribution in [0.5, 0.6) is 0 Å². The van der Waals surface area contributed by atoms with Crippen molar-refractivity contribution in [1.82, 2.24) is 9.55 Å². The van der Waals surface area contributed by atoms with Gasteiger partial charge in [-0.25, -0.2) is 4.98 Å². The summed E-state index contributed by atoms with van der Waals surface area (Å²) in [5.41, 5.74) is 6.75. The zero-order chi connectivity index (χ0) is 15.2. The van der Waals surface area contributed by atoms with Crippen LogP contribution < -0.4 is 16.6 Å². The van der Waals surface area contributed by atoms with Gasteiger partial charge in [-0.15, -0.1) is 0 Å². The fourth-order valence-electron chi connectivity index (χ4n) is 2.21. The second-order valence-electron chi connectivity index (χ2n) is 5.47. The van der Waals surface area contributed by atoms with Gasteiger partial charge in [-0.1, -0.05) is 44.2 Å². The van der Waals surface area contributed by atoms with Crippen LogP contribution in [0.4, 0.5) is 5.82 Å². The third-order valence-electron chi connectivity index (χ3n) is 3.22. The van der Waals surface area contributed by atoms with Crippen LogP contribution in [-0.2, 0) is 6.54 Å². The molecule has 2 rings (SSSR count). The minimum absolute atomic E-state index is 0.111. The Hall–Kier alpha value is -2.14. The Morgan fingerprint density at radius 3 is 2.62 bits per heavy atom. The first kappa shape index (κ1) is 15.3. The highest BCUT2D eigenvalue weighted by atomic mass is 16.1. The highest BCUT2D eigenvalue weighted by molar-refractivity contribution is 5.36. The number of nitrogens with zero attached hydrogens (tertiary/aromatic N) is 2. The van der Waals surface area contributed by atoms with Crippen molar-refractivity contribution >= 4 is 5.82 Å². The molecule has 1 atom stereocenters. The number of nitrogens with two attached hydrogens (primary N) is 1. The molecule has 0 bridgehead atoms. The molecule has 0 spiro atoms. The number of nitrogens with one attached hydrogen (secondary N) is 1. The largest absolute Gasteiger partial charge is 0.357 e. The fraction of sp³-hybridized carbons (Fsp3) is 0.375. The summed E-state index contributed by atoms with van der Waals surface area (Å²) >= 11 is 0. The minimum atomic E-state index is -0.124. The van der Waals surface area contributed by atoms with Crippen LogP contribution in [0.3, 0.4) is 0 Å². The first-order valence-corrected chi connectivity index (χ1v) is 7.18. The van der Waals surface area contributed by atoms with Crippen LogP contribution in [0.15, 0.2) is 47.5 Å². The van der Waals surface area contributed by atoms with E-state index in [1.807, 2.05) is 30.3 Å². The molecule has 1 unspecified atom stereocenters. The lowest BCUT2D eigenvalue weighted by molar-refractivity contribution is 0.509. The SMILES string of the molecule is CC(C)Cn1ccnc(NC(CN)c2ccccc2)c1=O. The Kier molecular flexibility index (Phi) is 5.11. The molecule has 21 heavy (non-hydrogen) atoms. The number of anilines is 1. The van der Waals surface area contributed by atoms with Crippen LogP contribution >= 0.6 is 0 Å². The molecule has 0 radical (unpaired) electrons. The van der Waals surface area contributed by atoms with E-state index in [9.17, 15) is 4.79 Å². The summed E-state index contributed by atoms with van der Waals surface area (Å²) in [7, 11) is 0. The van der Waals surface area contributed by atoms with Gasteiger partial charge in [0.05, 0.1) is 6.04 Å². The van der Waals surface area contributed by atoms with Crippen molar-refractivity contribution in [2.75, 3.05) is 11.9 Å². The lowest BCUT2D eigenvalue weighted by atomic mass is 10.1. The van der Waals surface area contributed by atoms with Gasteiger partial charge in [0.25, 0.3) is 5.56 Å². The molecule has 0 saturated heterocycles. The zero-order valence-electron chi connectivity index (χ0n) is 12.5. The molecule has 0 saturated carbocycles. The highest BCUT2D eigenvalue weighted by Crippen LogP contribution is 2.15. The molecule has 112 valence electrons. The number of hydrogen-bond acceptors (Lipinski definition) is 4. The number of benzene rings is 1. The van der Waals surface area contributed by atoms with Crippen LogP contribution in [-0.4, -0.2) is 16.1 Å². The van der Waals surface area contributed by atoms with E-state index in [2.05, 4.69) is 24.1 Å². The zero-order valence-corrected chi connectivity index (χ0v) is 12.5. The van der Waals surface area contributed by atoms with Crippen molar-refractivity contribution in [2.24, 2.45) is 11.7 Å². The third kappa shape index (κ3) is 3.92. The maximum atomic E-state index is 12.4. The van der Waals surface area contributed by atoms with Gasteiger partial charge in [0.1, 0.15) is 0 Å². The molecule has 5 nitrogen and oxygen atoms in total. The van der Waals surface area contributed by atoms with Gasteiger partial charge in [0.15, 0.2) is 5.82 Å². The van der Waals surface area contributed by atoms with Crippen molar-refractivity contribution in [3.8, 4) is 0 Å². The molecular formula is C16H22N4O. The van der Waals surface area contributed by atoms with Gasteiger partial charge in [0.2, 0.25) is 0 Å². The Labute approximate surface area is 124 Å². The molecule has 1 aromatic heterocycles. The molecule has 0 amide bonds. The third-order valence-corrected chi connectivity index (χ3v) is 3.22. The van der Waals surface area contributed by atoms with Crippen LogP contribution in [0.1, 0.15) is 25.5 Å². The second-order valence-corrected chi connectivity index (χ2v) is 5.47. The summed E-state index contributed by atoms with van der Waals surface area (Å²) in [6.07, 6.45) is 3.36. The molecule has 5 heteroatoms. The minimum Gasteiger partial charge on any atom is -0.357 e. The molecule has 2 aromatic rings. The second kappa shape index (κ2) is 7.04. The van der Waals surface area contributed by atoms with Crippen molar-refractivity contribution in [3.63, 3.8) is 0 Å². The summed E-state index contributed by atoms with van der Waals surface area (Å²) in [5, 5.41) is 3.16. The van der Waals surface area contributed by atoms with Crippen molar-refractivity contribution in [2.45, 2.75) is 26.4 Å². The highest BCUT2D eigenvalue weighted by Gasteiger charge is 2.13. The van der Waals surface area contributed by atoms with Crippen LogP contribution in [0.2, 0.25) is 0 Å². The number of hydrogen-bond donors (Lipinski definition) is 2. The average molecular weight is 286 g/mol. The number of aromatic nitrogens is 2. The molecule has 0 aliphatic heterocycles. The monoisotopic (exact) mass is 286 g/mol. The van der Waals surface area contributed by atoms with Crippen LogP contribution in [0, 0.1) is 5.92 Å². The summed E-state index contributed by atoms with van der Waals surface area (Å²) in [6, 6.07) is 9.71. The van der Waals surface area contributed by atoms with Crippen molar-refractivity contribution in [3.05, 3.63) is 58.6 Å². The van der Waals surface area contributed by atoms with Gasteiger partial charge in [-0.2, -0.15) is 0 Å². The predicted molar refractivity (Wildman–Crippen MR) is 85.2 cm³/mol. The van der Waals surface area contributed by atoms with Gasteiger partial charge < -0.3 is 15.6 Å². The van der Waals surface area contributed by atoms with Gasteiger partial charge >= 0.3 is 0 Å². The van der Waals surface area contributed by atoms with Gasteiger partial charge in [-0.05, 0) is 11.5 Å². The molecule has 1 aromatic carbocycles. The van der Waals surface area contributed by atoms with E-state index in [1.165, 1.54) is 0 Å². The van der Waals surface area contributed by atoms with Crippen molar-refractivity contribution in [1.29, 1.82) is 0 Å². The average Bonchev–Trinajstić information content (AvgIpc) is 2.48. The van der Waals surface area contributed by atoms with E-state index in [1.54, 1.807) is 17.0 Å². The Morgan fingerprint density at radius 2 is 2.00 bits per heavy atom. The van der Waals surface area contributed by atoms with E-state index >= 15 is 0 Å². The standard InChI is InChI=1S/C16H22N4O/c1-12(2)11-20-9-8-18-15(16(20)21)19-14(10-17)13-6-4-3-5-7-13/h3-9,12,14H,10-11,17H2,1-2H3,(H,18,19). The normalized spacial score (nSPS) is 12.4. The van der Waals surface area contributed by atoms with E-state index in [0.29, 0.717) is 24.8 Å². The first-order chi connectivity index (χ1) is 10.1. The molecule has 0 fully saturated rings. The molecule has 1 heterocycles.